The second-order valence-corrected chi connectivity index (χ2v) is 5.45. The first-order valence-electron chi connectivity index (χ1n) is 6.85. The lowest BCUT2D eigenvalue weighted by molar-refractivity contribution is -0.402. The van der Waals surface area contributed by atoms with Crippen LogP contribution in [-0.2, 0) is 0 Å². The maximum Gasteiger partial charge on any atom is 0.433 e. The van der Waals surface area contributed by atoms with Gasteiger partial charge in [0.25, 0.3) is 0 Å². The molecule has 19 heavy (non-hydrogen) atoms. The molecule has 6 nitrogen and oxygen atoms in total. The molecule has 3 rings (SSSR count). The minimum absolute atomic E-state index is 0.152. The highest BCUT2D eigenvalue weighted by Gasteiger charge is 2.44. The van der Waals surface area contributed by atoms with Gasteiger partial charge in [0, 0.05) is 6.04 Å². The van der Waals surface area contributed by atoms with Crippen molar-refractivity contribution >= 4 is 5.88 Å². The summed E-state index contributed by atoms with van der Waals surface area (Å²) in [6.45, 7) is 1.98. The molecular formula is C13H19N3O3. The van der Waals surface area contributed by atoms with Crippen molar-refractivity contribution in [2.45, 2.75) is 31.3 Å². The topological polar surface area (TPSA) is 71.5 Å². The molecule has 1 N–H and O–H groups in total. The number of nitro groups is 1. The number of likely N-dealkylation sites (tertiary alicyclic amines) is 1. The largest absolute Gasteiger partial charge is 0.433 e. The van der Waals surface area contributed by atoms with Gasteiger partial charge in [0.05, 0.1) is 12.1 Å². The molecule has 0 amide bonds. The predicted octanol–water partition coefficient (Wildman–Crippen LogP) is 1.93. The molecule has 2 heterocycles. The Morgan fingerprint density at radius 2 is 2.26 bits per heavy atom. The Labute approximate surface area is 111 Å². The fourth-order valence-corrected chi connectivity index (χ4v) is 3.17. The molecule has 0 aromatic carbocycles. The quantitative estimate of drug-likeness (QED) is 0.650. The van der Waals surface area contributed by atoms with Crippen LogP contribution in [0.15, 0.2) is 16.5 Å². The van der Waals surface area contributed by atoms with Crippen LogP contribution in [0.4, 0.5) is 5.88 Å². The normalized spacial score (nSPS) is 27.8. The second kappa shape index (κ2) is 4.94. The maximum atomic E-state index is 10.7. The van der Waals surface area contributed by atoms with Gasteiger partial charge in [-0.3, -0.25) is 15.0 Å². The first kappa shape index (κ1) is 12.6. The molecule has 1 aromatic heterocycles. The molecule has 0 bridgehead atoms. The second-order valence-electron chi connectivity index (χ2n) is 5.45. The van der Waals surface area contributed by atoms with Crippen LogP contribution in [0.1, 0.15) is 31.1 Å². The molecule has 1 aliphatic heterocycles. The summed E-state index contributed by atoms with van der Waals surface area (Å²) < 4.78 is 5.45. The van der Waals surface area contributed by atoms with Crippen LogP contribution < -0.4 is 5.32 Å². The minimum Gasteiger partial charge on any atom is -0.404 e. The zero-order valence-corrected chi connectivity index (χ0v) is 11.0. The third-order valence-electron chi connectivity index (χ3n) is 4.13. The van der Waals surface area contributed by atoms with Gasteiger partial charge in [-0.05, 0) is 51.4 Å². The average molecular weight is 265 g/mol. The first-order chi connectivity index (χ1) is 9.20. The molecule has 0 radical (unpaired) electrons. The van der Waals surface area contributed by atoms with Crippen LogP contribution in [0.3, 0.4) is 0 Å². The smallest absolute Gasteiger partial charge is 0.404 e. The highest BCUT2D eigenvalue weighted by atomic mass is 16.6. The summed E-state index contributed by atoms with van der Waals surface area (Å²) in [6.07, 6.45) is 3.60. The third kappa shape index (κ3) is 2.37. The van der Waals surface area contributed by atoms with Crippen molar-refractivity contribution in [1.29, 1.82) is 0 Å². The van der Waals surface area contributed by atoms with E-state index in [0.717, 1.165) is 25.3 Å². The maximum absolute atomic E-state index is 10.7. The first-order valence-corrected chi connectivity index (χ1v) is 6.85. The van der Waals surface area contributed by atoms with Crippen LogP contribution >= 0.6 is 0 Å². The molecule has 104 valence electrons. The van der Waals surface area contributed by atoms with Crippen molar-refractivity contribution in [1.82, 2.24) is 10.2 Å². The van der Waals surface area contributed by atoms with Gasteiger partial charge in [0.1, 0.15) is 10.7 Å². The van der Waals surface area contributed by atoms with E-state index in [-0.39, 0.29) is 11.9 Å². The van der Waals surface area contributed by atoms with Crippen LogP contribution in [0.2, 0.25) is 0 Å². The molecule has 2 fully saturated rings. The van der Waals surface area contributed by atoms with E-state index in [1.54, 1.807) is 6.07 Å². The van der Waals surface area contributed by atoms with Crippen molar-refractivity contribution in [2.24, 2.45) is 5.92 Å². The predicted molar refractivity (Wildman–Crippen MR) is 69.9 cm³/mol. The molecule has 1 saturated heterocycles. The summed E-state index contributed by atoms with van der Waals surface area (Å²) in [4.78, 5) is 12.7. The van der Waals surface area contributed by atoms with E-state index >= 15 is 0 Å². The lowest BCUT2D eigenvalue weighted by atomic mass is 9.98. The summed E-state index contributed by atoms with van der Waals surface area (Å²) in [6, 6.07) is 4.08. The van der Waals surface area contributed by atoms with Crippen molar-refractivity contribution in [3.8, 4) is 0 Å². The average Bonchev–Trinajstić information content (AvgIpc) is 2.96. The van der Waals surface area contributed by atoms with Crippen molar-refractivity contribution < 1.29 is 9.34 Å². The fourth-order valence-electron chi connectivity index (χ4n) is 3.17. The number of rotatable bonds is 5. The van der Waals surface area contributed by atoms with Crippen LogP contribution in [0, 0.1) is 16.0 Å². The Hall–Kier alpha value is -1.40. The molecular weight excluding hydrogens is 246 g/mol. The van der Waals surface area contributed by atoms with Crippen LogP contribution in [-0.4, -0.2) is 36.0 Å². The van der Waals surface area contributed by atoms with Crippen molar-refractivity contribution in [3.63, 3.8) is 0 Å². The van der Waals surface area contributed by atoms with Gasteiger partial charge in [0.15, 0.2) is 0 Å². The number of nitrogens with one attached hydrogen (secondary N) is 1. The monoisotopic (exact) mass is 265 g/mol. The van der Waals surface area contributed by atoms with Gasteiger partial charge in [-0.25, -0.2) is 0 Å². The molecule has 6 heteroatoms. The van der Waals surface area contributed by atoms with E-state index < -0.39 is 4.92 Å². The number of nitrogens with zero attached hydrogens (tertiary/aromatic N) is 2. The summed E-state index contributed by atoms with van der Waals surface area (Å²) in [7, 11) is 1.95. The molecule has 1 saturated carbocycles. The van der Waals surface area contributed by atoms with E-state index in [9.17, 15) is 10.1 Å². The van der Waals surface area contributed by atoms with E-state index in [1.807, 2.05) is 7.05 Å². The Balaban J connectivity index is 1.85. The molecule has 1 aromatic rings. The Morgan fingerprint density at radius 3 is 2.84 bits per heavy atom. The number of hydrogen-bond acceptors (Lipinski definition) is 5. The fraction of sp³-hybridized carbons (Fsp3) is 0.692. The Kier molecular flexibility index (Phi) is 3.28. The van der Waals surface area contributed by atoms with Crippen molar-refractivity contribution in [2.75, 3.05) is 20.1 Å². The number of furan rings is 1. The van der Waals surface area contributed by atoms with Gasteiger partial charge >= 0.3 is 5.88 Å². The lowest BCUT2D eigenvalue weighted by Crippen LogP contribution is -2.30. The molecule has 2 aliphatic rings. The number of hydrogen-bond donors (Lipinski definition) is 1. The minimum atomic E-state index is -0.465. The zero-order chi connectivity index (χ0) is 13.4. The standard InChI is InChI=1S/C13H19N3O3/c1-14-8-9-6-7-15(10-2-3-10)13(9)11-4-5-12(19-11)16(17)18/h4-5,9-10,13-14H,2-3,6-8H2,1H3. The van der Waals surface area contributed by atoms with Gasteiger partial charge < -0.3 is 9.73 Å². The van der Waals surface area contributed by atoms with Crippen LogP contribution in [0.25, 0.3) is 0 Å². The SMILES string of the molecule is CNCC1CCN(C2CC2)C1c1ccc([N+](=O)[O-])o1. The molecule has 0 spiro atoms. The molecule has 1 aliphatic carbocycles. The van der Waals surface area contributed by atoms with Gasteiger partial charge in [-0.2, -0.15) is 0 Å². The van der Waals surface area contributed by atoms with Gasteiger partial charge in [-0.15, -0.1) is 0 Å². The van der Waals surface area contributed by atoms with E-state index in [4.69, 9.17) is 4.42 Å². The van der Waals surface area contributed by atoms with E-state index in [1.165, 1.54) is 18.9 Å². The van der Waals surface area contributed by atoms with E-state index in [0.29, 0.717) is 12.0 Å². The highest BCUT2D eigenvalue weighted by Crippen LogP contribution is 2.44. The third-order valence-corrected chi connectivity index (χ3v) is 4.13. The zero-order valence-electron chi connectivity index (χ0n) is 11.0. The Bertz CT molecular complexity index is 469. The van der Waals surface area contributed by atoms with Crippen LogP contribution in [0.5, 0.6) is 0 Å². The lowest BCUT2D eigenvalue weighted by Gasteiger charge is -2.26. The van der Waals surface area contributed by atoms with Gasteiger partial charge in [-0.1, -0.05) is 0 Å². The van der Waals surface area contributed by atoms with Gasteiger partial charge in [0.2, 0.25) is 0 Å². The molecule has 2 atom stereocenters. The summed E-state index contributed by atoms with van der Waals surface area (Å²) in [5.41, 5.74) is 0. The summed E-state index contributed by atoms with van der Waals surface area (Å²) >= 11 is 0. The summed E-state index contributed by atoms with van der Waals surface area (Å²) in [5.74, 6) is 1.06. The Morgan fingerprint density at radius 1 is 1.47 bits per heavy atom. The molecule has 2 unspecified atom stereocenters. The highest BCUT2D eigenvalue weighted by molar-refractivity contribution is 5.22. The summed E-state index contributed by atoms with van der Waals surface area (Å²) in [5, 5.41) is 14.0. The van der Waals surface area contributed by atoms with E-state index in [2.05, 4.69) is 10.2 Å². The van der Waals surface area contributed by atoms with Crippen molar-refractivity contribution in [3.05, 3.63) is 28.0 Å².